The van der Waals surface area contributed by atoms with Crippen molar-refractivity contribution in [1.29, 1.82) is 0 Å². The molecule has 0 aliphatic heterocycles. The lowest BCUT2D eigenvalue weighted by atomic mass is 10.1. The fraction of sp³-hybridized carbons (Fsp3) is 0.333. The van der Waals surface area contributed by atoms with Crippen molar-refractivity contribution in [3.05, 3.63) is 23.8 Å². The molecule has 0 fully saturated rings. The molecule has 0 saturated carbocycles. The molecule has 0 radical (unpaired) electrons. The van der Waals surface area contributed by atoms with Gasteiger partial charge in [0, 0.05) is 13.6 Å². The summed E-state index contributed by atoms with van der Waals surface area (Å²) >= 11 is 0. The van der Waals surface area contributed by atoms with Crippen LogP contribution in [0.5, 0.6) is 0 Å². The Kier molecular flexibility index (Phi) is 4.53. The Labute approximate surface area is 105 Å². The monoisotopic (exact) mass is 251 g/mol. The van der Waals surface area contributed by atoms with Crippen molar-refractivity contribution in [2.45, 2.75) is 6.92 Å². The van der Waals surface area contributed by atoms with Gasteiger partial charge in [-0.3, -0.25) is 4.79 Å². The molecule has 0 bridgehead atoms. The molecule has 0 unspecified atom stereocenters. The molecule has 0 spiro atoms. The molecule has 0 aliphatic rings. The maximum Gasteiger partial charge on any atom is 0.335 e. The molecular weight excluding hydrogens is 234 g/mol. The molecule has 0 heterocycles. The number of nitrogens with one attached hydrogen (secondary N) is 1. The van der Waals surface area contributed by atoms with Crippen molar-refractivity contribution in [3.8, 4) is 0 Å². The lowest BCUT2D eigenvalue weighted by Crippen LogP contribution is -2.35. The number of nitrogens with zero attached hydrogens (tertiary/aromatic N) is 1. The molecule has 1 amide bonds. The number of aromatic carboxylic acids is 1. The molecule has 0 saturated heterocycles. The predicted octanol–water partition coefficient (Wildman–Crippen LogP) is 0.539. The van der Waals surface area contributed by atoms with Crippen LogP contribution < -0.4 is 16.0 Å². The van der Waals surface area contributed by atoms with Gasteiger partial charge in [-0.05, 0) is 25.1 Å². The molecule has 6 nitrogen and oxygen atoms in total. The number of rotatable bonds is 5. The SMILES string of the molecule is CCN(CC(=O)NC)c1ccc(C(=O)O)cc1N. The van der Waals surface area contributed by atoms with Crippen LogP contribution in [0.3, 0.4) is 0 Å². The van der Waals surface area contributed by atoms with Gasteiger partial charge in [0.05, 0.1) is 23.5 Å². The van der Waals surface area contributed by atoms with E-state index in [0.717, 1.165) is 0 Å². The van der Waals surface area contributed by atoms with Crippen LogP contribution in [0, 0.1) is 0 Å². The predicted molar refractivity (Wildman–Crippen MR) is 69.8 cm³/mol. The number of nitrogen functional groups attached to an aromatic ring is 1. The molecule has 1 rings (SSSR count). The van der Waals surface area contributed by atoms with Gasteiger partial charge in [-0.1, -0.05) is 0 Å². The van der Waals surface area contributed by atoms with Crippen molar-refractivity contribution in [2.75, 3.05) is 30.8 Å². The van der Waals surface area contributed by atoms with E-state index in [4.69, 9.17) is 10.8 Å². The van der Waals surface area contributed by atoms with Crippen LogP contribution in [0.4, 0.5) is 11.4 Å². The molecule has 1 aromatic carbocycles. The smallest absolute Gasteiger partial charge is 0.335 e. The molecule has 4 N–H and O–H groups in total. The van der Waals surface area contributed by atoms with E-state index in [1.54, 1.807) is 18.0 Å². The summed E-state index contributed by atoms with van der Waals surface area (Å²) in [5, 5.41) is 11.4. The quantitative estimate of drug-likeness (QED) is 0.664. The second-order valence-corrected chi connectivity index (χ2v) is 3.77. The van der Waals surface area contributed by atoms with Crippen LogP contribution in [-0.4, -0.2) is 37.1 Å². The van der Waals surface area contributed by atoms with E-state index < -0.39 is 5.97 Å². The average molecular weight is 251 g/mol. The summed E-state index contributed by atoms with van der Waals surface area (Å²) in [7, 11) is 1.56. The zero-order chi connectivity index (χ0) is 13.7. The molecule has 0 aromatic heterocycles. The van der Waals surface area contributed by atoms with Crippen LogP contribution in [-0.2, 0) is 4.79 Å². The molecule has 0 aliphatic carbocycles. The Morgan fingerprint density at radius 2 is 2.11 bits per heavy atom. The number of hydrogen-bond donors (Lipinski definition) is 3. The van der Waals surface area contributed by atoms with E-state index >= 15 is 0 Å². The maximum absolute atomic E-state index is 11.4. The lowest BCUT2D eigenvalue weighted by Gasteiger charge is -2.23. The van der Waals surface area contributed by atoms with E-state index in [1.807, 2.05) is 6.92 Å². The van der Waals surface area contributed by atoms with Gasteiger partial charge in [0.2, 0.25) is 5.91 Å². The molecule has 6 heteroatoms. The van der Waals surface area contributed by atoms with Crippen LogP contribution >= 0.6 is 0 Å². The minimum atomic E-state index is -1.03. The Morgan fingerprint density at radius 3 is 2.56 bits per heavy atom. The topological polar surface area (TPSA) is 95.7 Å². The summed E-state index contributed by atoms with van der Waals surface area (Å²) in [5.41, 5.74) is 6.95. The molecule has 1 aromatic rings. The summed E-state index contributed by atoms with van der Waals surface area (Å²) in [6.45, 7) is 2.68. The first-order chi connectivity index (χ1) is 8.49. The first kappa shape index (κ1) is 13.8. The lowest BCUT2D eigenvalue weighted by molar-refractivity contribution is -0.119. The van der Waals surface area contributed by atoms with Gasteiger partial charge in [-0.15, -0.1) is 0 Å². The number of benzene rings is 1. The summed E-state index contributed by atoms with van der Waals surface area (Å²) in [4.78, 5) is 23.9. The number of amides is 1. The van der Waals surface area contributed by atoms with Crippen molar-refractivity contribution in [1.82, 2.24) is 5.32 Å². The van der Waals surface area contributed by atoms with Crippen molar-refractivity contribution in [2.24, 2.45) is 0 Å². The van der Waals surface area contributed by atoms with E-state index in [2.05, 4.69) is 5.32 Å². The van der Waals surface area contributed by atoms with E-state index in [0.29, 0.717) is 17.9 Å². The summed E-state index contributed by atoms with van der Waals surface area (Å²) in [6.07, 6.45) is 0. The van der Waals surface area contributed by atoms with E-state index in [-0.39, 0.29) is 18.0 Å². The zero-order valence-corrected chi connectivity index (χ0v) is 10.4. The highest BCUT2D eigenvalue weighted by molar-refractivity contribution is 5.91. The fourth-order valence-electron chi connectivity index (χ4n) is 1.60. The summed E-state index contributed by atoms with van der Waals surface area (Å²) in [6, 6.07) is 4.48. The minimum absolute atomic E-state index is 0.126. The highest BCUT2D eigenvalue weighted by atomic mass is 16.4. The third-order valence-electron chi connectivity index (χ3n) is 2.61. The molecule has 18 heavy (non-hydrogen) atoms. The van der Waals surface area contributed by atoms with Crippen LogP contribution in [0.1, 0.15) is 17.3 Å². The molecule has 0 atom stereocenters. The standard InChI is InChI=1S/C12H17N3O3/c1-3-15(7-11(16)14-2)10-5-4-8(12(17)18)6-9(10)13/h4-6H,3,7,13H2,1-2H3,(H,14,16)(H,17,18). The van der Waals surface area contributed by atoms with Crippen LogP contribution in [0.2, 0.25) is 0 Å². The van der Waals surface area contributed by atoms with Crippen LogP contribution in [0.25, 0.3) is 0 Å². The number of hydrogen-bond acceptors (Lipinski definition) is 4. The number of nitrogens with two attached hydrogens (primary N) is 1. The Hall–Kier alpha value is -2.24. The number of likely N-dealkylation sites (N-methyl/N-ethyl adjacent to an activating group) is 2. The van der Waals surface area contributed by atoms with Gasteiger partial charge in [0.15, 0.2) is 0 Å². The Balaban J connectivity index is 3.00. The van der Waals surface area contributed by atoms with Gasteiger partial charge >= 0.3 is 5.97 Å². The second-order valence-electron chi connectivity index (χ2n) is 3.77. The molecule has 98 valence electrons. The minimum Gasteiger partial charge on any atom is -0.478 e. The van der Waals surface area contributed by atoms with Gasteiger partial charge in [-0.2, -0.15) is 0 Å². The van der Waals surface area contributed by atoms with Gasteiger partial charge < -0.3 is 21.1 Å². The number of carbonyl (C=O) groups is 2. The maximum atomic E-state index is 11.4. The summed E-state index contributed by atoms with van der Waals surface area (Å²) < 4.78 is 0. The normalized spacial score (nSPS) is 9.89. The number of carboxylic acid groups (broad SMARTS) is 1. The fourth-order valence-corrected chi connectivity index (χ4v) is 1.60. The van der Waals surface area contributed by atoms with E-state index in [1.165, 1.54) is 12.1 Å². The third-order valence-corrected chi connectivity index (χ3v) is 2.61. The zero-order valence-electron chi connectivity index (χ0n) is 10.4. The van der Waals surface area contributed by atoms with Crippen molar-refractivity contribution >= 4 is 23.3 Å². The number of carbonyl (C=O) groups excluding carboxylic acids is 1. The van der Waals surface area contributed by atoms with E-state index in [9.17, 15) is 9.59 Å². The second kappa shape index (κ2) is 5.90. The Morgan fingerprint density at radius 1 is 1.44 bits per heavy atom. The largest absolute Gasteiger partial charge is 0.478 e. The van der Waals surface area contributed by atoms with Gasteiger partial charge in [0.1, 0.15) is 0 Å². The number of carboxylic acids is 1. The average Bonchev–Trinajstić information content (AvgIpc) is 2.35. The van der Waals surface area contributed by atoms with Gasteiger partial charge in [0.25, 0.3) is 0 Å². The Bertz CT molecular complexity index is 460. The van der Waals surface area contributed by atoms with Gasteiger partial charge in [-0.25, -0.2) is 4.79 Å². The first-order valence-corrected chi connectivity index (χ1v) is 5.58. The summed E-state index contributed by atoms with van der Waals surface area (Å²) in [5.74, 6) is -1.15. The number of anilines is 2. The highest BCUT2D eigenvalue weighted by Gasteiger charge is 2.13. The van der Waals surface area contributed by atoms with Crippen molar-refractivity contribution < 1.29 is 14.7 Å². The molecular formula is C12H17N3O3. The van der Waals surface area contributed by atoms with Crippen LogP contribution in [0.15, 0.2) is 18.2 Å². The highest BCUT2D eigenvalue weighted by Crippen LogP contribution is 2.24. The third kappa shape index (κ3) is 3.13. The first-order valence-electron chi connectivity index (χ1n) is 5.58. The van der Waals surface area contributed by atoms with Crippen molar-refractivity contribution in [3.63, 3.8) is 0 Å².